The van der Waals surface area contributed by atoms with Gasteiger partial charge in [0.1, 0.15) is 17.4 Å². The van der Waals surface area contributed by atoms with Crippen molar-refractivity contribution in [3.63, 3.8) is 0 Å². The first kappa shape index (κ1) is 30.6. The van der Waals surface area contributed by atoms with Crippen LogP contribution in [0, 0.1) is 29.4 Å². The second-order valence-corrected chi connectivity index (χ2v) is 11.8. The number of nitrogens with one attached hydrogen (secondary N) is 1. The Hall–Kier alpha value is -3.39. The topological polar surface area (TPSA) is 69.7 Å². The summed E-state index contributed by atoms with van der Waals surface area (Å²) in [5.41, 5.74) is 1.43. The molecule has 0 bridgehead atoms. The summed E-state index contributed by atoms with van der Waals surface area (Å²) in [5, 5.41) is 3.09. The molecule has 8 heteroatoms. The van der Waals surface area contributed by atoms with Crippen molar-refractivity contribution in [1.82, 2.24) is 15.1 Å². The average molecular weight is 566 g/mol. The van der Waals surface area contributed by atoms with Crippen LogP contribution in [0.4, 0.5) is 8.78 Å². The minimum atomic E-state index is -0.693. The van der Waals surface area contributed by atoms with E-state index in [9.17, 15) is 23.2 Å². The van der Waals surface area contributed by atoms with Gasteiger partial charge in [-0.3, -0.25) is 19.3 Å². The highest BCUT2D eigenvalue weighted by atomic mass is 19.1. The molecule has 1 saturated carbocycles. The summed E-state index contributed by atoms with van der Waals surface area (Å²) in [5.74, 6) is -1.75. The minimum absolute atomic E-state index is 0.0431. The molecule has 2 aromatic carbocycles. The van der Waals surface area contributed by atoms with Crippen LogP contribution >= 0.6 is 0 Å². The van der Waals surface area contributed by atoms with Crippen molar-refractivity contribution in [3.8, 4) is 0 Å². The lowest BCUT2D eigenvalue weighted by Gasteiger charge is -2.40. The Morgan fingerprint density at radius 1 is 1.07 bits per heavy atom. The van der Waals surface area contributed by atoms with Crippen LogP contribution in [0.2, 0.25) is 0 Å². The van der Waals surface area contributed by atoms with Crippen LogP contribution in [0.25, 0.3) is 0 Å². The Labute approximate surface area is 241 Å². The number of carbonyl (C=O) groups excluding carboxylic acids is 3. The fourth-order valence-electron chi connectivity index (χ4n) is 6.25. The second-order valence-electron chi connectivity index (χ2n) is 11.8. The zero-order chi connectivity index (χ0) is 29.5. The van der Waals surface area contributed by atoms with Crippen molar-refractivity contribution in [1.29, 1.82) is 0 Å². The predicted octanol–water partition coefficient (Wildman–Crippen LogP) is 4.92. The molecule has 4 rings (SSSR count). The summed E-state index contributed by atoms with van der Waals surface area (Å²) in [6.45, 7) is 7.62. The quantitative estimate of drug-likeness (QED) is 0.393. The Kier molecular flexibility index (Phi) is 10.4. The van der Waals surface area contributed by atoms with Gasteiger partial charge < -0.3 is 10.2 Å². The van der Waals surface area contributed by atoms with Gasteiger partial charge in [-0.2, -0.15) is 0 Å². The van der Waals surface area contributed by atoms with Gasteiger partial charge in [0, 0.05) is 50.5 Å². The molecule has 1 saturated heterocycles. The molecule has 1 aliphatic heterocycles. The van der Waals surface area contributed by atoms with Gasteiger partial charge in [0.05, 0.1) is 6.04 Å². The van der Waals surface area contributed by atoms with E-state index in [1.807, 2.05) is 53.3 Å². The van der Waals surface area contributed by atoms with Crippen LogP contribution in [0.3, 0.4) is 0 Å². The summed E-state index contributed by atoms with van der Waals surface area (Å²) < 4.78 is 28.1. The monoisotopic (exact) mass is 565 g/mol. The van der Waals surface area contributed by atoms with Gasteiger partial charge in [0.25, 0.3) is 0 Å². The van der Waals surface area contributed by atoms with E-state index in [1.54, 1.807) is 0 Å². The fraction of sp³-hybridized carbons (Fsp3) is 0.485. The Balaban J connectivity index is 1.52. The number of rotatable bonds is 11. The molecule has 2 aliphatic rings. The number of ketones is 1. The van der Waals surface area contributed by atoms with Gasteiger partial charge in [-0.05, 0) is 67.8 Å². The van der Waals surface area contributed by atoms with E-state index in [-0.39, 0.29) is 48.7 Å². The lowest BCUT2D eigenvalue weighted by atomic mass is 9.73. The Morgan fingerprint density at radius 2 is 1.78 bits per heavy atom. The van der Waals surface area contributed by atoms with Crippen LogP contribution < -0.4 is 5.32 Å². The van der Waals surface area contributed by atoms with E-state index < -0.39 is 29.6 Å². The van der Waals surface area contributed by atoms with Crippen LogP contribution in [-0.4, -0.2) is 59.6 Å². The molecule has 5 atom stereocenters. The van der Waals surface area contributed by atoms with Gasteiger partial charge >= 0.3 is 0 Å². The number of halogens is 2. The SMILES string of the molecule is C=CCC(C)C1CC(=O)CC(C(=O)NC(Cc2cc(F)cc(F)c2)C[C@H]2C(=O)N(Cc3ccccc3)CCN2C)C1. The number of carbonyl (C=O) groups is 3. The zero-order valence-electron chi connectivity index (χ0n) is 24.0. The minimum Gasteiger partial charge on any atom is -0.353 e. The third-order valence-electron chi connectivity index (χ3n) is 8.59. The van der Waals surface area contributed by atoms with Gasteiger partial charge in [-0.25, -0.2) is 8.78 Å². The molecule has 0 radical (unpaired) electrons. The van der Waals surface area contributed by atoms with Crippen molar-refractivity contribution < 1.29 is 23.2 Å². The Bertz CT molecular complexity index is 1220. The maximum atomic E-state index is 14.1. The van der Waals surface area contributed by atoms with E-state index in [0.717, 1.165) is 18.1 Å². The highest BCUT2D eigenvalue weighted by molar-refractivity contribution is 5.88. The number of nitrogens with zero attached hydrogens (tertiary/aromatic N) is 2. The number of piperazine rings is 1. The molecule has 2 aromatic rings. The lowest BCUT2D eigenvalue weighted by molar-refractivity contribution is -0.142. The first-order chi connectivity index (χ1) is 19.6. The molecule has 2 amide bonds. The third-order valence-corrected chi connectivity index (χ3v) is 8.59. The normalized spacial score (nSPS) is 23.2. The number of likely N-dealkylation sites (N-methyl/N-ethyl adjacent to an activating group) is 1. The van der Waals surface area contributed by atoms with Crippen molar-refractivity contribution in [2.75, 3.05) is 20.1 Å². The summed E-state index contributed by atoms with van der Waals surface area (Å²) in [7, 11) is 1.88. The summed E-state index contributed by atoms with van der Waals surface area (Å²) >= 11 is 0. The average Bonchev–Trinajstić information content (AvgIpc) is 2.92. The van der Waals surface area contributed by atoms with Gasteiger partial charge in [-0.1, -0.05) is 43.3 Å². The van der Waals surface area contributed by atoms with Crippen molar-refractivity contribution in [2.45, 2.75) is 64.1 Å². The van der Waals surface area contributed by atoms with Gasteiger partial charge in [0.15, 0.2) is 0 Å². The highest BCUT2D eigenvalue weighted by Crippen LogP contribution is 2.34. The van der Waals surface area contributed by atoms with Gasteiger partial charge in [0.2, 0.25) is 11.8 Å². The van der Waals surface area contributed by atoms with Gasteiger partial charge in [-0.15, -0.1) is 6.58 Å². The van der Waals surface area contributed by atoms with E-state index in [1.165, 1.54) is 12.1 Å². The highest BCUT2D eigenvalue weighted by Gasteiger charge is 2.37. The smallest absolute Gasteiger partial charge is 0.240 e. The number of benzene rings is 2. The van der Waals surface area contributed by atoms with E-state index in [0.29, 0.717) is 38.0 Å². The van der Waals surface area contributed by atoms with Crippen LogP contribution in [0.5, 0.6) is 0 Å². The standard InChI is InChI=1S/C33H41F2N3O3/c1-4-8-22(2)25-16-26(18-30(39)17-25)32(40)36-29(15-24-13-27(34)19-28(35)14-24)20-31-33(41)38(12-11-37(31)3)21-23-9-6-5-7-10-23/h4-7,9-10,13-14,19,22,25-26,29,31H,1,8,11-12,15-18,20-21H2,2-3H3,(H,36,40)/t22?,25?,26?,29?,31-/m0/s1. The Morgan fingerprint density at radius 3 is 2.46 bits per heavy atom. The number of hydrogen-bond donors (Lipinski definition) is 1. The zero-order valence-corrected chi connectivity index (χ0v) is 24.0. The number of Topliss-reactive ketones (excluding diaryl/α,β-unsaturated/α-hetero) is 1. The van der Waals surface area contributed by atoms with Crippen LogP contribution in [0.15, 0.2) is 61.2 Å². The second kappa shape index (κ2) is 14.0. The fourth-order valence-corrected chi connectivity index (χ4v) is 6.25. The molecular formula is C33H41F2N3O3. The number of amides is 2. The molecule has 220 valence electrons. The van der Waals surface area contributed by atoms with Crippen molar-refractivity contribution in [2.24, 2.45) is 17.8 Å². The van der Waals surface area contributed by atoms with Crippen LogP contribution in [0.1, 0.15) is 50.2 Å². The molecule has 41 heavy (non-hydrogen) atoms. The molecule has 0 aromatic heterocycles. The van der Waals surface area contributed by atoms with E-state index in [4.69, 9.17) is 0 Å². The van der Waals surface area contributed by atoms with Crippen molar-refractivity contribution >= 4 is 17.6 Å². The third kappa shape index (κ3) is 8.32. The molecular weight excluding hydrogens is 524 g/mol. The van der Waals surface area contributed by atoms with E-state index in [2.05, 4.69) is 18.8 Å². The van der Waals surface area contributed by atoms with Crippen molar-refractivity contribution in [3.05, 3.63) is 83.9 Å². The summed E-state index contributed by atoms with van der Waals surface area (Å²) in [4.78, 5) is 43.6. The molecule has 1 N–H and O–H groups in total. The maximum Gasteiger partial charge on any atom is 0.240 e. The first-order valence-electron chi connectivity index (χ1n) is 14.5. The molecule has 1 aliphatic carbocycles. The molecule has 2 fully saturated rings. The molecule has 1 heterocycles. The maximum absolute atomic E-state index is 14.1. The van der Waals surface area contributed by atoms with E-state index >= 15 is 0 Å². The number of allylic oxidation sites excluding steroid dienone is 1. The lowest BCUT2D eigenvalue weighted by Crippen LogP contribution is -2.57. The predicted molar refractivity (Wildman–Crippen MR) is 155 cm³/mol. The molecule has 6 nitrogen and oxygen atoms in total. The summed E-state index contributed by atoms with van der Waals surface area (Å²) in [6.07, 6.45) is 4.29. The summed E-state index contributed by atoms with van der Waals surface area (Å²) in [6, 6.07) is 12.0. The largest absolute Gasteiger partial charge is 0.353 e. The number of hydrogen-bond acceptors (Lipinski definition) is 4. The molecule has 4 unspecified atom stereocenters. The van der Waals surface area contributed by atoms with Crippen LogP contribution in [-0.2, 0) is 27.3 Å². The molecule has 0 spiro atoms. The first-order valence-corrected chi connectivity index (χ1v) is 14.5.